The zero-order chi connectivity index (χ0) is 14.7. The van der Waals surface area contributed by atoms with E-state index in [1.807, 2.05) is 0 Å². The van der Waals surface area contributed by atoms with Crippen LogP contribution >= 0.6 is 23.4 Å². The van der Waals surface area contributed by atoms with Gasteiger partial charge in [0.1, 0.15) is 0 Å². The van der Waals surface area contributed by atoms with Gasteiger partial charge in [-0.25, -0.2) is 9.59 Å². The molecule has 0 bridgehead atoms. The lowest BCUT2D eigenvalue weighted by Crippen LogP contribution is -2.33. The van der Waals surface area contributed by atoms with E-state index in [1.165, 1.54) is 16.3 Å². The molecule has 1 aromatic heterocycles. The highest BCUT2D eigenvalue weighted by Gasteiger charge is 2.16. The first-order valence-electron chi connectivity index (χ1n) is 5.57. The molecule has 8 heteroatoms. The van der Waals surface area contributed by atoms with Crippen molar-refractivity contribution in [3.05, 3.63) is 52.4 Å². The number of aromatic nitrogens is 3. The van der Waals surface area contributed by atoms with E-state index in [9.17, 15) is 9.59 Å². The zero-order valence-corrected chi connectivity index (χ0v) is 11.9. The molecule has 1 amide bonds. The van der Waals surface area contributed by atoms with Crippen LogP contribution in [0.25, 0.3) is 0 Å². The van der Waals surface area contributed by atoms with Gasteiger partial charge in [0.25, 0.3) is 0 Å². The van der Waals surface area contributed by atoms with Gasteiger partial charge in [-0.2, -0.15) is 0 Å². The normalized spacial score (nSPS) is 10.4. The van der Waals surface area contributed by atoms with Gasteiger partial charge in [0.2, 0.25) is 0 Å². The minimum atomic E-state index is -0.921. The lowest BCUT2D eigenvalue weighted by molar-refractivity contribution is 0.246. The Kier molecular flexibility index (Phi) is 4.31. The summed E-state index contributed by atoms with van der Waals surface area (Å²) in [7, 11) is 0. The first-order chi connectivity index (χ1) is 9.52. The van der Waals surface area contributed by atoms with Gasteiger partial charge in [-0.15, -0.1) is 16.4 Å². The number of primary amides is 1. The fourth-order valence-electron chi connectivity index (χ4n) is 1.49. The number of benzene rings is 1. The molecule has 0 saturated carbocycles. The van der Waals surface area contributed by atoms with Crippen molar-refractivity contribution in [3.63, 3.8) is 0 Å². The first-order valence-corrected chi connectivity index (χ1v) is 6.76. The molecule has 104 valence electrons. The summed E-state index contributed by atoms with van der Waals surface area (Å²) in [6.45, 7) is 3.81. The highest BCUT2D eigenvalue weighted by Crippen LogP contribution is 2.26. The molecule has 0 aliphatic heterocycles. The molecule has 0 unspecified atom stereocenters. The quantitative estimate of drug-likeness (QED) is 0.875. The van der Waals surface area contributed by atoms with E-state index in [-0.39, 0.29) is 6.54 Å². The lowest BCUT2D eigenvalue weighted by Gasteiger charge is -2.02. The van der Waals surface area contributed by atoms with E-state index >= 15 is 0 Å². The Morgan fingerprint density at radius 1 is 1.45 bits per heavy atom. The summed E-state index contributed by atoms with van der Waals surface area (Å²) in [6, 6.07) is 6.11. The Morgan fingerprint density at radius 2 is 2.10 bits per heavy atom. The van der Waals surface area contributed by atoms with Gasteiger partial charge < -0.3 is 5.73 Å². The first kappa shape index (κ1) is 14.4. The predicted molar refractivity (Wildman–Crippen MR) is 77.2 cm³/mol. The Balaban J connectivity index is 2.42. The molecule has 0 aliphatic carbocycles. The van der Waals surface area contributed by atoms with Crippen molar-refractivity contribution in [2.45, 2.75) is 16.6 Å². The summed E-state index contributed by atoms with van der Waals surface area (Å²) < 4.78 is 1.94. The molecule has 0 fully saturated rings. The van der Waals surface area contributed by atoms with E-state index in [0.29, 0.717) is 14.9 Å². The molecule has 1 aromatic carbocycles. The molecular weight excluding hydrogens is 300 g/mol. The third-order valence-corrected chi connectivity index (χ3v) is 3.62. The Hall–Kier alpha value is -1.99. The number of carbonyl (C=O) groups excluding carboxylic acids is 1. The van der Waals surface area contributed by atoms with E-state index in [1.54, 1.807) is 30.3 Å². The molecule has 0 saturated heterocycles. The van der Waals surface area contributed by atoms with Crippen molar-refractivity contribution in [3.8, 4) is 0 Å². The summed E-state index contributed by atoms with van der Waals surface area (Å²) in [5, 5.41) is 4.89. The van der Waals surface area contributed by atoms with E-state index in [4.69, 9.17) is 17.3 Å². The number of carbonyl (C=O) groups is 1. The summed E-state index contributed by atoms with van der Waals surface area (Å²) in [4.78, 5) is 23.9. The van der Waals surface area contributed by atoms with Gasteiger partial charge in [0, 0.05) is 16.5 Å². The molecule has 0 atom stereocenters. The number of halogens is 1. The zero-order valence-electron chi connectivity index (χ0n) is 10.3. The monoisotopic (exact) mass is 310 g/mol. The van der Waals surface area contributed by atoms with Crippen LogP contribution in [0.2, 0.25) is 5.02 Å². The van der Waals surface area contributed by atoms with Crippen molar-refractivity contribution in [2.24, 2.45) is 5.73 Å². The SMILES string of the molecule is C=CCn1c(Sc2ccc(Cl)cc2)nn(C(N)=O)c1=O. The smallest absolute Gasteiger partial charge is 0.350 e. The van der Waals surface area contributed by atoms with Crippen LogP contribution in [0.1, 0.15) is 0 Å². The van der Waals surface area contributed by atoms with Crippen molar-refractivity contribution < 1.29 is 4.79 Å². The van der Waals surface area contributed by atoms with Crippen molar-refractivity contribution in [1.82, 2.24) is 14.3 Å². The highest BCUT2D eigenvalue weighted by atomic mass is 35.5. The van der Waals surface area contributed by atoms with Crippen LogP contribution in [-0.4, -0.2) is 20.4 Å². The summed E-state index contributed by atoms with van der Waals surface area (Å²) in [6.07, 6.45) is 1.54. The second-order valence-electron chi connectivity index (χ2n) is 3.77. The van der Waals surface area contributed by atoms with Crippen LogP contribution in [0.15, 0.2) is 51.8 Å². The number of hydrogen-bond acceptors (Lipinski definition) is 4. The van der Waals surface area contributed by atoms with Crippen LogP contribution in [0.5, 0.6) is 0 Å². The second-order valence-corrected chi connectivity index (χ2v) is 5.25. The third kappa shape index (κ3) is 2.94. The molecule has 0 aliphatic rings. The van der Waals surface area contributed by atoms with Crippen LogP contribution in [0, 0.1) is 0 Å². The van der Waals surface area contributed by atoms with Crippen LogP contribution in [0.3, 0.4) is 0 Å². The maximum atomic E-state index is 11.9. The number of nitrogens with two attached hydrogens (primary N) is 1. The molecule has 2 aromatic rings. The third-order valence-electron chi connectivity index (χ3n) is 2.37. The van der Waals surface area contributed by atoms with Crippen molar-refractivity contribution in [1.29, 1.82) is 0 Å². The summed E-state index contributed by atoms with van der Waals surface area (Å²) in [5.41, 5.74) is 4.51. The number of nitrogens with zero attached hydrogens (tertiary/aromatic N) is 3. The average Bonchev–Trinajstić information content (AvgIpc) is 2.71. The lowest BCUT2D eigenvalue weighted by atomic mass is 10.4. The minimum absolute atomic E-state index is 0.238. The van der Waals surface area contributed by atoms with Crippen LogP contribution in [-0.2, 0) is 6.54 Å². The fourth-order valence-corrected chi connectivity index (χ4v) is 2.49. The van der Waals surface area contributed by atoms with Gasteiger partial charge in [-0.3, -0.25) is 4.57 Å². The Labute approximate surface area is 123 Å². The summed E-state index contributed by atoms with van der Waals surface area (Å²) in [5.74, 6) is 0. The van der Waals surface area contributed by atoms with Crippen LogP contribution < -0.4 is 11.4 Å². The van der Waals surface area contributed by atoms with Crippen molar-refractivity contribution in [2.75, 3.05) is 0 Å². The van der Waals surface area contributed by atoms with E-state index < -0.39 is 11.7 Å². The number of allylic oxidation sites excluding steroid dienone is 1. The van der Waals surface area contributed by atoms with Gasteiger partial charge in [-0.05, 0) is 36.0 Å². The molecule has 2 N–H and O–H groups in total. The molecular formula is C12H11ClN4O2S. The Bertz CT molecular complexity index is 705. The topological polar surface area (TPSA) is 82.9 Å². The molecule has 2 rings (SSSR count). The van der Waals surface area contributed by atoms with Gasteiger partial charge in [0.15, 0.2) is 5.16 Å². The van der Waals surface area contributed by atoms with Gasteiger partial charge in [-0.1, -0.05) is 17.7 Å². The number of rotatable bonds is 4. The predicted octanol–water partition coefficient (Wildman–Crippen LogP) is 1.96. The van der Waals surface area contributed by atoms with Crippen molar-refractivity contribution >= 4 is 29.4 Å². The fraction of sp³-hybridized carbons (Fsp3) is 0.0833. The summed E-state index contributed by atoms with van der Waals surface area (Å²) >= 11 is 7.04. The molecule has 0 spiro atoms. The van der Waals surface area contributed by atoms with Crippen LogP contribution in [0.4, 0.5) is 4.79 Å². The Morgan fingerprint density at radius 3 is 2.65 bits per heavy atom. The maximum absolute atomic E-state index is 11.9. The molecule has 1 heterocycles. The highest BCUT2D eigenvalue weighted by molar-refractivity contribution is 7.99. The van der Waals surface area contributed by atoms with Gasteiger partial charge >= 0.3 is 11.7 Å². The molecule has 0 radical (unpaired) electrons. The standard InChI is InChI=1S/C12H11ClN4O2S/c1-2-7-16-11(15-17(10(14)18)12(16)19)20-9-5-3-8(13)4-6-9/h2-6H,1,7H2,(H2,14,18). The number of hydrogen-bond donors (Lipinski definition) is 1. The number of amides is 1. The van der Waals surface area contributed by atoms with E-state index in [2.05, 4.69) is 11.7 Å². The largest absolute Gasteiger partial charge is 0.355 e. The second kappa shape index (κ2) is 5.98. The van der Waals surface area contributed by atoms with E-state index in [0.717, 1.165) is 4.90 Å². The molecule has 6 nitrogen and oxygen atoms in total. The minimum Gasteiger partial charge on any atom is -0.350 e. The maximum Gasteiger partial charge on any atom is 0.355 e. The molecule has 20 heavy (non-hydrogen) atoms. The average molecular weight is 311 g/mol. The van der Waals surface area contributed by atoms with Gasteiger partial charge in [0.05, 0.1) is 0 Å².